The van der Waals surface area contributed by atoms with E-state index in [1.165, 1.54) is 12.1 Å². The number of benzene rings is 1. The topological polar surface area (TPSA) is 50.4 Å². The minimum Gasteiger partial charge on any atom is -0.375 e. The van der Waals surface area contributed by atoms with Crippen LogP contribution in [0.3, 0.4) is 0 Å². The standard InChI is InChI=1S/C13H16BrFN2O2/c1-8-12(16-4-5-19-8)13(18)17-7-9-6-10(15)2-3-11(9)14/h2-3,6,8,12,16H,4-5,7H2,1H3,(H,17,18)/t8-,12+/m1/s1. The van der Waals surface area contributed by atoms with E-state index in [1.54, 1.807) is 6.07 Å². The van der Waals surface area contributed by atoms with Crippen molar-refractivity contribution < 1.29 is 13.9 Å². The van der Waals surface area contributed by atoms with E-state index in [0.717, 1.165) is 4.47 Å². The van der Waals surface area contributed by atoms with Gasteiger partial charge in [-0.05, 0) is 30.7 Å². The molecule has 0 unspecified atom stereocenters. The summed E-state index contributed by atoms with van der Waals surface area (Å²) in [5, 5.41) is 5.90. The van der Waals surface area contributed by atoms with E-state index in [0.29, 0.717) is 18.7 Å². The van der Waals surface area contributed by atoms with Crippen molar-refractivity contribution in [1.29, 1.82) is 0 Å². The van der Waals surface area contributed by atoms with E-state index in [1.807, 2.05) is 6.92 Å². The summed E-state index contributed by atoms with van der Waals surface area (Å²) in [6.07, 6.45) is -0.162. The molecule has 0 saturated carbocycles. The molecule has 0 radical (unpaired) electrons. The smallest absolute Gasteiger partial charge is 0.240 e. The Bertz CT molecular complexity index is 470. The van der Waals surface area contributed by atoms with Crippen molar-refractivity contribution in [2.45, 2.75) is 25.6 Å². The number of halogens is 2. The van der Waals surface area contributed by atoms with Gasteiger partial charge in [-0.3, -0.25) is 4.79 Å². The molecule has 0 aliphatic carbocycles. The Hall–Kier alpha value is -0.980. The lowest BCUT2D eigenvalue weighted by molar-refractivity contribution is -0.129. The molecule has 0 aromatic heterocycles. The van der Waals surface area contributed by atoms with Gasteiger partial charge in [-0.2, -0.15) is 0 Å². The van der Waals surface area contributed by atoms with Crippen molar-refractivity contribution in [2.75, 3.05) is 13.2 Å². The molecule has 104 valence electrons. The van der Waals surface area contributed by atoms with Gasteiger partial charge in [0.05, 0.1) is 12.7 Å². The fraction of sp³-hybridized carbons (Fsp3) is 0.462. The fourth-order valence-electron chi connectivity index (χ4n) is 2.00. The summed E-state index contributed by atoms with van der Waals surface area (Å²) < 4.78 is 19.3. The first kappa shape index (κ1) is 14.4. The molecule has 6 heteroatoms. The first-order valence-corrected chi connectivity index (χ1v) is 6.94. The highest BCUT2D eigenvalue weighted by atomic mass is 79.9. The van der Waals surface area contributed by atoms with E-state index in [9.17, 15) is 9.18 Å². The molecule has 1 fully saturated rings. The summed E-state index contributed by atoms with van der Waals surface area (Å²) in [5.74, 6) is -0.455. The van der Waals surface area contributed by atoms with Crippen molar-refractivity contribution in [3.8, 4) is 0 Å². The normalized spacial score (nSPS) is 23.1. The Morgan fingerprint density at radius 3 is 3.16 bits per heavy atom. The summed E-state index contributed by atoms with van der Waals surface area (Å²) in [7, 11) is 0. The van der Waals surface area contributed by atoms with Crippen LogP contribution in [0.15, 0.2) is 22.7 Å². The van der Waals surface area contributed by atoms with Crippen molar-refractivity contribution in [2.24, 2.45) is 0 Å². The number of ether oxygens (including phenoxy) is 1. The zero-order valence-electron chi connectivity index (χ0n) is 10.6. The van der Waals surface area contributed by atoms with Crippen LogP contribution in [0, 0.1) is 5.82 Å². The van der Waals surface area contributed by atoms with Crippen LogP contribution in [-0.2, 0) is 16.1 Å². The molecule has 1 saturated heterocycles. The van der Waals surface area contributed by atoms with E-state index >= 15 is 0 Å². The highest BCUT2D eigenvalue weighted by molar-refractivity contribution is 9.10. The molecule has 4 nitrogen and oxygen atoms in total. The second-order valence-corrected chi connectivity index (χ2v) is 5.32. The van der Waals surface area contributed by atoms with Crippen LogP contribution in [0.2, 0.25) is 0 Å². The van der Waals surface area contributed by atoms with Crippen molar-refractivity contribution in [1.82, 2.24) is 10.6 Å². The van der Waals surface area contributed by atoms with Gasteiger partial charge in [-0.15, -0.1) is 0 Å². The molecule has 19 heavy (non-hydrogen) atoms. The van der Waals surface area contributed by atoms with Crippen LogP contribution in [-0.4, -0.2) is 31.2 Å². The lowest BCUT2D eigenvalue weighted by Gasteiger charge is -2.29. The van der Waals surface area contributed by atoms with Gasteiger partial charge in [-0.1, -0.05) is 15.9 Å². The predicted octanol–water partition coefficient (Wildman–Crippen LogP) is 1.58. The van der Waals surface area contributed by atoms with Gasteiger partial charge in [0.15, 0.2) is 0 Å². The maximum absolute atomic E-state index is 13.1. The van der Waals surface area contributed by atoms with Gasteiger partial charge in [0.2, 0.25) is 5.91 Å². The number of hydrogen-bond donors (Lipinski definition) is 2. The van der Waals surface area contributed by atoms with Gasteiger partial charge in [-0.25, -0.2) is 4.39 Å². The number of rotatable bonds is 3. The monoisotopic (exact) mass is 330 g/mol. The van der Waals surface area contributed by atoms with Gasteiger partial charge in [0.1, 0.15) is 11.9 Å². The van der Waals surface area contributed by atoms with Gasteiger partial charge >= 0.3 is 0 Å². The van der Waals surface area contributed by atoms with E-state index in [2.05, 4.69) is 26.6 Å². The van der Waals surface area contributed by atoms with Crippen LogP contribution in [0.1, 0.15) is 12.5 Å². The number of nitrogens with one attached hydrogen (secondary N) is 2. The summed E-state index contributed by atoms with van der Waals surface area (Å²) in [4.78, 5) is 12.0. The van der Waals surface area contributed by atoms with E-state index in [4.69, 9.17) is 4.74 Å². The Kier molecular flexibility index (Phi) is 4.90. The highest BCUT2D eigenvalue weighted by Gasteiger charge is 2.27. The fourth-order valence-corrected chi connectivity index (χ4v) is 2.39. The lowest BCUT2D eigenvalue weighted by atomic mass is 10.1. The van der Waals surface area contributed by atoms with Gasteiger partial charge in [0.25, 0.3) is 0 Å². The van der Waals surface area contributed by atoms with Crippen LogP contribution in [0.4, 0.5) is 4.39 Å². The van der Waals surface area contributed by atoms with Crippen molar-refractivity contribution >= 4 is 21.8 Å². The zero-order chi connectivity index (χ0) is 13.8. The summed E-state index contributed by atoms with van der Waals surface area (Å²) in [6.45, 7) is 3.41. The third-order valence-corrected chi connectivity index (χ3v) is 3.83. The van der Waals surface area contributed by atoms with Crippen LogP contribution in [0.5, 0.6) is 0 Å². The Balaban J connectivity index is 1.94. The number of carbonyl (C=O) groups is 1. The second-order valence-electron chi connectivity index (χ2n) is 4.46. The van der Waals surface area contributed by atoms with Crippen LogP contribution >= 0.6 is 15.9 Å². The molecule has 1 aliphatic heterocycles. The van der Waals surface area contributed by atoms with Gasteiger partial charge in [0, 0.05) is 17.6 Å². The van der Waals surface area contributed by atoms with Crippen LogP contribution < -0.4 is 10.6 Å². The number of amides is 1. The van der Waals surface area contributed by atoms with Crippen molar-refractivity contribution in [3.05, 3.63) is 34.1 Å². The summed E-state index contributed by atoms with van der Waals surface area (Å²) in [5.41, 5.74) is 0.706. The maximum atomic E-state index is 13.1. The Morgan fingerprint density at radius 2 is 2.42 bits per heavy atom. The average molecular weight is 331 g/mol. The largest absolute Gasteiger partial charge is 0.375 e. The summed E-state index contributed by atoms with van der Waals surface area (Å²) >= 11 is 3.33. The van der Waals surface area contributed by atoms with E-state index < -0.39 is 0 Å². The minimum absolute atomic E-state index is 0.136. The van der Waals surface area contributed by atoms with Crippen molar-refractivity contribution in [3.63, 3.8) is 0 Å². The maximum Gasteiger partial charge on any atom is 0.240 e. The molecule has 0 bridgehead atoms. The first-order valence-electron chi connectivity index (χ1n) is 6.14. The quantitative estimate of drug-likeness (QED) is 0.884. The Morgan fingerprint density at radius 1 is 1.63 bits per heavy atom. The average Bonchev–Trinajstić information content (AvgIpc) is 2.40. The predicted molar refractivity (Wildman–Crippen MR) is 73.2 cm³/mol. The number of morpholine rings is 1. The molecule has 1 aliphatic rings. The van der Waals surface area contributed by atoms with Crippen LogP contribution in [0.25, 0.3) is 0 Å². The lowest BCUT2D eigenvalue weighted by Crippen LogP contribution is -2.55. The first-order chi connectivity index (χ1) is 9.08. The molecule has 1 aromatic carbocycles. The molecule has 1 aromatic rings. The molecule has 0 spiro atoms. The third-order valence-electron chi connectivity index (χ3n) is 3.06. The molecule has 2 N–H and O–H groups in total. The second kappa shape index (κ2) is 6.45. The number of hydrogen-bond acceptors (Lipinski definition) is 3. The molecule has 2 atom stereocenters. The Labute approximate surface area is 119 Å². The number of carbonyl (C=O) groups excluding carboxylic acids is 1. The molecular weight excluding hydrogens is 315 g/mol. The molecule has 1 amide bonds. The van der Waals surface area contributed by atoms with E-state index in [-0.39, 0.29) is 30.4 Å². The van der Waals surface area contributed by atoms with Gasteiger partial charge < -0.3 is 15.4 Å². The summed E-state index contributed by atoms with van der Waals surface area (Å²) in [6, 6.07) is 4.04. The minimum atomic E-state index is -0.360. The highest BCUT2D eigenvalue weighted by Crippen LogP contribution is 2.17. The third kappa shape index (κ3) is 3.75. The SMILES string of the molecule is C[C@H]1OCCN[C@@H]1C(=O)NCc1cc(F)ccc1Br. The zero-order valence-corrected chi connectivity index (χ0v) is 12.2. The molecular formula is C13H16BrFN2O2. The molecule has 2 rings (SSSR count). The molecule has 1 heterocycles.